The third-order valence-corrected chi connectivity index (χ3v) is 5.27. The summed E-state index contributed by atoms with van der Waals surface area (Å²) in [5.41, 5.74) is 5.50. The Morgan fingerprint density at radius 2 is 1.91 bits per heavy atom. The highest BCUT2D eigenvalue weighted by Crippen LogP contribution is 2.22. The quantitative estimate of drug-likeness (QED) is 0.291. The van der Waals surface area contributed by atoms with Crippen molar-refractivity contribution in [2.75, 3.05) is 11.9 Å². The minimum Gasteiger partial charge on any atom is -0.483 e. The number of carbonyl (C=O) groups excluding carboxylic acids is 3. The van der Waals surface area contributed by atoms with Gasteiger partial charge in [0.2, 0.25) is 0 Å². The smallest absolute Gasteiger partial charge is 0.329 e. The Morgan fingerprint density at radius 1 is 1.16 bits per heavy atom. The molecule has 0 bridgehead atoms. The van der Waals surface area contributed by atoms with Crippen molar-refractivity contribution in [2.45, 2.75) is 40.2 Å². The fourth-order valence-corrected chi connectivity index (χ4v) is 2.95. The van der Waals surface area contributed by atoms with Crippen molar-refractivity contribution in [1.29, 1.82) is 0 Å². The summed E-state index contributed by atoms with van der Waals surface area (Å²) in [6, 6.07) is 10.7. The van der Waals surface area contributed by atoms with Crippen molar-refractivity contribution in [3.63, 3.8) is 0 Å². The van der Waals surface area contributed by atoms with E-state index in [0.29, 0.717) is 17.7 Å². The number of amides is 3. The van der Waals surface area contributed by atoms with Crippen molar-refractivity contribution in [3.05, 3.63) is 57.6 Å². The van der Waals surface area contributed by atoms with Crippen molar-refractivity contribution in [2.24, 2.45) is 5.10 Å². The summed E-state index contributed by atoms with van der Waals surface area (Å²) in [6.07, 6.45) is 2.05. The normalized spacial score (nSPS) is 11.7. The van der Waals surface area contributed by atoms with E-state index >= 15 is 0 Å². The zero-order valence-electron chi connectivity index (χ0n) is 18.5. The van der Waals surface area contributed by atoms with Crippen LogP contribution in [0, 0.1) is 13.8 Å². The summed E-state index contributed by atoms with van der Waals surface area (Å²) in [5.74, 6) is -1.54. The van der Waals surface area contributed by atoms with E-state index in [1.807, 2.05) is 39.0 Å². The average molecular weight is 503 g/mol. The van der Waals surface area contributed by atoms with E-state index in [0.717, 1.165) is 21.3 Å². The molecule has 0 fully saturated rings. The van der Waals surface area contributed by atoms with Gasteiger partial charge in [0.05, 0.1) is 6.21 Å². The molecule has 8 nitrogen and oxygen atoms in total. The van der Waals surface area contributed by atoms with Crippen LogP contribution in [0.4, 0.5) is 5.69 Å². The van der Waals surface area contributed by atoms with Gasteiger partial charge in [-0.2, -0.15) is 5.10 Å². The summed E-state index contributed by atoms with van der Waals surface area (Å²) in [4.78, 5) is 36.0. The van der Waals surface area contributed by atoms with Crippen molar-refractivity contribution < 1.29 is 19.1 Å². The first-order valence-corrected chi connectivity index (χ1v) is 10.9. The van der Waals surface area contributed by atoms with E-state index in [2.05, 4.69) is 37.1 Å². The predicted molar refractivity (Wildman–Crippen MR) is 128 cm³/mol. The number of carbonyl (C=O) groups is 3. The number of halogens is 1. The van der Waals surface area contributed by atoms with Crippen molar-refractivity contribution in [1.82, 2.24) is 10.7 Å². The second-order valence-corrected chi connectivity index (χ2v) is 8.16. The van der Waals surface area contributed by atoms with E-state index in [9.17, 15) is 14.4 Å². The molecule has 0 saturated heterocycles. The maximum absolute atomic E-state index is 12.3. The molecule has 2 aromatic carbocycles. The highest BCUT2D eigenvalue weighted by atomic mass is 79.9. The van der Waals surface area contributed by atoms with Gasteiger partial charge in [0.25, 0.3) is 5.91 Å². The summed E-state index contributed by atoms with van der Waals surface area (Å²) in [6.45, 7) is 7.40. The lowest BCUT2D eigenvalue weighted by Gasteiger charge is -2.12. The zero-order valence-corrected chi connectivity index (χ0v) is 20.1. The number of nitrogens with zero attached hydrogens (tertiary/aromatic N) is 1. The van der Waals surface area contributed by atoms with Crippen LogP contribution in [0.2, 0.25) is 0 Å². The molecule has 9 heteroatoms. The maximum Gasteiger partial charge on any atom is 0.329 e. The van der Waals surface area contributed by atoms with E-state index in [1.165, 1.54) is 6.21 Å². The summed E-state index contributed by atoms with van der Waals surface area (Å²) in [5, 5.41) is 9.22. The van der Waals surface area contributed by atoms with Gasteiger partial charge in [-0.3, -0.25) is 14.4 Å². The predicted octanol–water partition coefficient (Wildman–Crippen LogP) is 3.45. The lowest BCUT2D eigenvalue weighted by atomic mass is 10.1. The molecule has 0 aliphatic rings. The Balaban J connectivity index is 1.99. The monoisotopic (exact) mass is 502 g/mol. The number of anilines is 1. The number of hydrazone groups is 1. The number of aryl methyl sites for hydroxylation is 1. The molecule has 1 atom stereocenters. The molecule has 2 aromatic rings. The fourth-order valence-electron chi connectivity index (χ4n) is 2.57. The Hall–Kier alpha value is -3.20. The standard InChI is InChI=1S/C23H27BrN4O4/c1-5-15(3)26-22(30)23(31)28-25-12-17-11-18(24)9-10-20(17)32-13-21(29)27-19-8-6-7-14(2)16(19)4/h6-12,15H,5,13H2,1-4H3,(H,26,30)(H,27,29)(H,28,31)/b25-12-/t15-/m0/s1. The molecule has 0 spiro atoms. The molecule has 0 heterocycles. The van der Waals surface area contributed by atoms with E-state index in [1.54, 1.807) is 25.1 Å². The Labute approximate surface area is 195 Å². The number of ether oxygens (including phenoxy) is 1. The topological polar surface area (TPSA) is 109 Å². The van der Waals surface area contributed by atoms with Crippen LogP contribution in [0.5, 0.6) is 5.75 Å². The maximum atomic E-state index is 12.3. The second-order valence-electron chi connectivity index (χ2n) is 7.25. The second kappa shape index (κ2) is 12.0. The lowest BCUT2D eigenvalue weighted by molar-refractivity contribution is -0.139. The summed E-state index contributed by atoms with van der Waals surface area (Å²) in [7, 11) is 0. The van der Waals surface area contributed by atoms with Crippen LogP contribution in [0.3, 0.4) is 0 Å². The molecule has 0 aromatic heterocycles. The van der Waals surface area contributed by atoms with Gasteiger partial charge in [-0.05, 0) is 62.6 Å². The molecular weight excluding hydrogens is 476 g/mol. The first kappa shape index (κ1) is 25.1. The highest BCUT2D eigenvalue weighted by molar-refractivity contribution is 9.10. The Kier molecular flexibility index (Phi) is 9.39. The molecule has 2 rings (SSSR count). The van der Waals surface area contributed by atoms with Crippen LogP contribution in [0.1, 0.15) is 37.0 Å². The lowest BCUT2D eigenvalue weighted by Crippen LogP contribution is -2.41. The van der Waals surface area contributed by atoms with Crippen LogP contribution in [-0.2, 0) is 14.4 Å². The number of hydrogen-bond donors (Lipinski definition) is 3. The minimum absolute atomic E-state index is 0.114. The third-order valence-electron chi connectivity index (χ3n) is 4.78. The van der Waals surface area contributed by atoms with Gasteiger partial charge in [0.1, 0.15) is 5.75 Å². The molecule has 0 unspecified atom stereocenters. The molecule has 0 aliphatic heterocycles. The molecule has 0 radical (unpaired) electrons. The van der Waals surface area contributed by atoms with Gasteiger partial charge in [0, 0.05) is 21.8 Å². The molecule has 0 aliphatic carbocycles. The van der Waals surface area contributed by atoms with Gasteiger partial charge in [-0.15, -0.1) is 0 Å². The van der Waals surface area contributed by atoms with Crippen LogP contribution < -0.4 is 20.8 Å². The van der Waals surface area contributed by atoms with E-state index in [4.69, 9.17) is 4.74 Å². The summed E-state index contributed by atoms with van der Waals surface area (Å²) < 4.78 is 6.41. The van der Waals surface area contributed by atoms with Crippen LogP contribution in [0.15, 0.2) is 46.0 Å². The van der Waals surface area contributed by atoms with Gasteiger partial charge in [0.15, 0.2) is 6.61 Å². The zero-order chi connectivity index (χ0) is 23.7. The largest absolute Gasteiger partial charge is 0.483 e. The number of benzene rings is 2. The molecular formula is C23H27BrN4O4. The number of nitrogens with one attached hydrogen (secondary N) is 3. The molecule has 0 saturated carbocycles. The SMILES string of the molecule is CC[C@H](C)NC(=O)C(=O)N/N=C\c1cc(Br)ccc1OCC(=O)Nc1cccc(C)c1C. The Morgan fingerprint density at radius 3 is 2.62 bits per heavy atom. The minimum atomic E-state index is -0.869. The first-order valence-electron chi connectivity index (χ1n) is 10.1. The van der Waals surface area contributed by atoms with Crippen molar-refractivity contribution >= 4 is 45.6 Å². The van der Waals surface area contributed by atoms with Crippen LogP contribution in [0.25, 0.3) is 0 Å². The van der Waals surface area contributed by atoms with Gasteiger partial charge in [-0.1, -0.05) is 35.0 Å². The van der Waals surface area contributed by atoms with Gasteiger partial charge < -0.3 is 15.4 Å². The highest BCUT2D eigenvalue weighted by Gasteiger charge is 2.14. The third kappa shape index (κ3) is 7.49. The van der Waals surface area contributed by atoms with Gasteiger partial charge >= 0.3 is 11.8 Å². The van der Waals surface area contributed by atoms with Crippen LogP contribution in [-0.4, -0.2) is 36.6 Å². The Bertz CT molecular complexity index is 1020. The average Bonchev–Trinajstić information content (AvgIpc) is 2.76. The fraction of sp³-hybridized carbons (Fsp3) is 0.304. The molecule has 32 heavy (non-hydrogen) atoms. The van der Waals surface area contributed by atoms with Crippen molar-refractivity contribution in [3.8, 4) is 5.75 Å². The number of rotatable bonds is 8. The first-order chi connectivity index (χ1) is 15.2. The molecule has 3 N–H and O–H groups in total. The summed E-state index contributed by atoms with van der Waals surface area (Å²) >= 11 is 3.37. The van der Waals surface area contributed by atoms with Gasteiger partial charge in [-0.25, -0.2) is 5.43 Å². The number of hydrogen-bond acceptors (Lipinski definition) is 5. The van der Waals surface area contributed by atoms with E-state index in [-0.39, 0.29) is 18.6 Å². The molecule has 170 valence electrons. The van der Waals surface area contributed by atoms with Crippen LogP contribution >= 0.6 is 15.9 Å². The molecule has 3 amide bonds. The van der Waals surface area contributed by atoms with E-state index < -0.39 is 11.8 Å².